The summed E-state index contributed by atoms with van der Waals surface area (Å²) in [7, 11) is 3.53. The van der Waals surface area contributed by atoms with Gasteiger partial charge in [-0.1, -0.05) is 24.3 Å². The smallest absolute Gasteiger partial charge is 0.319 e. The molecule has 7 nitrogen and oxygen atoms in total. The van der Waals surface area contributed by atoms with Crippen LogP contribution in [-0.4, -0.2) is 52.2 Å². The van der Waals surface area contributed by atoms with Crippen molar-refractivity contribution in [2.45, 2.75) is 38.9 Å². The minimum Gasteiger partial charge on any atom is -0.350 e. The Bertz CT molecular complexity index is 889. The molecule has 0 bridgehead atoms. The largest absolute Gasteiger partial charge is 0.350 e. The van der Waals surface area contributed by atoms with Crippen LogP contribution in [0.15, 0.2) is 30.3 Å². The topological polar surface area (TPSA) is 70.5 Å². The van der Waals surface area contributed by atoms with Gasteiger partial charge < -0.3 is 15.1 Å². The maximum Gasteiger partial charge on any atom is 0.319 e. The van der Waals surface area contributed by atoms with E-state index in [1.54, 1.807) is 19.0 Å². The van der Waals surface area contributed by atoms with Crippen LogP contribution in [0.1, 0.15) is 28.9 Å². The number of benzene rings is 1. The van der Waals surface area contributed by atoms with E-state index < -0.39 is 0 Å². The van der Waals surface area contributed by atoms with E-state index in [0.717, 1.165) is 30.7 Å². The Labute approximate surface area is 165 Å². The number of amides is 3. The molecule has 0 saturated heterocycles. The summed E-state index contributed by atoms with van der Waals surface area (Å²) in [4.78, 5) is 28.2. The van der Waals surface area contributed by atoms with Gasteiger partial charge in [-0.05, 0) is 36.5 Å². The summed E-state index contributed by atoms with van der Waals surface area (Å²) < 4.78 is 1.94. The number of hydrogen-bond donors (Lipinski definition) is 1. The Hall–Kier alpha value is -2.83. The standard InChI is InChI=1S/C21H27N5O2/c1-24(2)21(28)25-9-10-26-19(14-25)12-18(23-26)13-22-20(27)17-8-7-15-5-3-4-6-16(15)11-17/h3-6,12,17H,7-11,13-14H2,1-2H3,(H,22,27)/t17-/m0/s1. The first-order valence-electron chi connectivity index (χ1n) is 9.87. The molecule has 2 aliphatic rings. The molecule has 1 aliphatic carbocycles. The molecule has 0 spiro atoms. The Balaban J connectivity index is 1.34. The zero-order chi connectivity index (χ0) is 19.7. The minimum atomic E-state index is 0.0138. The van der Waals surface area contributed by atoms with Gasteiger partial charge in [-0.15, -0.1) is 0 Å². The highest BCUT2D eigenvalue weighted by molar-refractivity contribution is 5.79. The van der Waals surface area contributed by atoms with Crippen molar-refractivity contribution in [3.63, 3.8) is 0 Å². The SMILES string of the molecule is CN(C)C(=O)N1CCn2nc(CNC(=O)[C@H]3CCc4ccccc4C3)cc2C1. The van der Waals surface area contributed by atoms with Gasteiger partial charge in [0.1, 0.15) is 0 Å². The third-order valence-corrected chi connectivity index (χ3v) is 5.66. The molecule has 1 aliphatic heterocycles. The van der Waals surface area contributed by atoms with E-state index in [1.165, 1.54) is 11.1 Å². The van der Waals surface area contributed by atoms with Crippen LogP contribution in [-0.2, 0) is 37.3 Å². The molecule has 4 rings (SSSR count). The lowest BCUT2D eigenvalue weighted by atomic mass is 9.83. The van der Waals surface area contributed by atoms with Gasteiger partial charge in [-0.2, -0.15) is 5.10 Å². The van der Waals surface area contributed by atoms with Gasteiger partial charge in [-0.3, -0.25) is 9.48 Å². The van der Waals surface area contributed by atoms with Gasteiger partial charge in [0, 0.05) is 26.6 Å². The zero-order valence-corrected chi connectivity index (χ0v) is 16.5. The van der Waals surface area contributed by atoms with Crippen LogP contribution in [0.5, 0.6) is 0 Å². The number of rotatable bonds is 3. The highest BCUT2D eigenvalue weighted by Gasteiger charge is 2.26. The van der Waals surface area contributed by atoms with E-state index in [9.17, 15) is 9.59 Å². The second-order valence-electron chi connectivity index (χ2n) is 7.87. The predicted molar refractivity (Wildman–Crippen MR) is 106 cm³/mol. The van der Waals surface area contributed by atoms with Crippen molar-refractivity contribution in [2.75, 3.05) is 20.6 Å². The average molecular weight is 381 g/mol. The molecule has 0 saturated carbocycles. The molecule has 7 heteroatoms. The number of aryl methyl sites for hydroxylation is 1. The van der Waals surface area contributed by atoms with Crippen LogP contribution in [0.25, 0.3) is 0 Å². The van der Waals surface area contributed by atoms with E-state index in [2.05, 4.69) is 28.6 Å². The molecule has 28 heavy (non-hydrogen) atoms. The number of aromatic nitrogens is 2. The van der Waals surface area contributed by atoms with Crippen molar-refractivity contribution in [1.29, 1.82) is 0 Å². The number of nitrogens with one attached hydrogen (secondary N) is 1. The molecular formula is C21H27N5O2. The highest BCUT2D eigenvalue weighted by atomic mass is 16.2. The van der Waals surface area contributed by atoms with Crippen molar-refractivity contribution in [2.24, 2.45) is 5.92 Å². The Kier molecular flexibility index (Phi) is 5.07. The molecular weight excluding hydrogens is 354 g/mol. The lowest BCUT2D eigenvalue weighted by Crippen LogP contribution is -2.43. The van der Waals surface area contributed by atoms with Crippen molar-refractivity contribution >= 4 is 11.9 Å². The van der Waals surface area contributed by atoms with Gasteiger partial charge in [0.15, 0.2) is 0 Å². The van der Waals surface area contributed by atoms with Crippen molar-refractivity contribution in [1.82, 2.24) is 24.9 Å². The molecule has 148 valence electrons. The van der Waals surface area contributed by atoms with Gasteiger partial charge in [0.25, 0.3) is 0 Å². The molecule has 0 unspecified atom stereocenters. The van der Waals surface area contributed by atoms with Gasteiger partial charge in [-0.25, -0.2) is 4.79 Å². The maximum absolute atomic E-state index is 12.6. The molecule has 1 atom stereocenters. The van der Waals surface area contributed by atoms with Crippen LogP contribution in [0, 0.1) is 5.92 Å². The molecule has 2 heterocycles. The monoisotopic (exact) mass is 381 g/mol. The fraction of sp³-hybridized carbons (Fsp3) is 0.476. The molecule has 1 N–H and O–H groups in total. The van der Waals surface area contributed by atoms with Crippen LogP contribution in [0.2, 0.25) is 0 Å². The first-order chi connectivity index (χ1) is 13.5. The number of hydrogen-bond acceptors (Lipinski definition) is 3. The van der Waals surface area contributed by atoms with Crippen LogP contribution < -0.4 is 5.32 Å². The number of nitrogens with zero attached hydrogens (tertiary/aromatic N) is 4. The fourth-order valence-corrected chi connectivity index (χ4v) is 4.10. The number of fused-ring (bicyclic) bond motifs is 2. The second-order valence-corrected chi connectivity index (χ2v) is 7.87. The van der Waals surface area contributed by atoms with E-state index in [-0.39, 0.29) is 17.9 Å². The summed E-state index contributed by atoms with van der Waals surface area (Å²) in [6.45, 7) is 2.32. The molecule has 0 fully saturated rings. The Morgan fingerprint density at radius 1 is 1.21 bits per heavy atom. The Morgan fingerprint density at radius 3 is 2.79 bits per heavy atom. The minimum absolute atomic E-state index is 0.0138. The van der Waals surface area contributed by atoms with Gasteiger partial charge in [0.2, 0.25) is 5.91 Å². The second kappa shape index (κ2) is 7.66. The van der Waals surface area contributed by atoms with E-state index in [1.807, 2.05) is 21.7 Å². The number of carbonyl (C=O) groups excluding carboxylic acids is 2. The lowest BCUT2D eigenvalue weighted by Gasteiger charge is -2.29. The average Bonchev–Trinajstić information content (AvgIpc) is 3.13. The summed E-state index contributed by atoms with van der Waals surface area (Å²) in [5, 5.41) is 7.65. The molecule has 2 aromatic rings. The lowest BCUT2D eigenvalue weighted by molar-refractivity contribution is -0.125. The summed E-state index contributed by atoms with van der Waals surface area (Å²) in [6, 6.07) is 10.4. The van der Waals surface area contributed by atoms with Gasteiger partial charge in [0.05, 0.1) is 31.0 Å². The molecule has 1 aromatic heterocycles. The van der Waals surface area contributed by atoms with Crippen molar-refractivity contribution in [3.05, 3.63) is 52.8 Å². The number of urea groups is 1. The van der Waals surface area contributed by atoms with Crippen LogP contribution >= 0.6 is 0 Å². The normalized spacial score (nSPS) is 18.2. The summed E-state index contributed by atoms with van der Waals surface area (Å²) in [6.07, 6.45) is 2.66. The molecule has 1 aromatic carbocycles. The van der Waals surface area contributed by atoms with E-state index >= 15 is 0 Å². The highest BCUT2D eigenvalue weighted by Crippen LogP contribution is 2.25. The Morgan fingerprint density at radius 2 is 2.00 bits per heavy atom. The van der Waals surface area contributed by atoms with Crippen molar-refractivity contribution in [3.8, 4) is 0 Å². The van der Waals surface area contributed by atoms with Crippen LogP contribution in [0.3, 0.4) is 0 Å². The first kappa shape index (κ1) is 18.5. The van der Waals surface area contributed by atoms with E-state index in [4.69, 9.17) is 0 Å². The summed E-state index contributed by atoms with van der Waals surface area (Å²) >= 11 is 0. The third-order valence-electron chi connectivity index (χ3n) is 5.66. The predicted octanol–water partition coefficient (Wildman–Crippen LogP) is 1.80. The fourth-order valence-electron chi connectivity index (χ4n) is 4.10. The maximum atomic E-state index is 12.6. The van der Waals surface area contributed by atoms with Crippen molar-refractivity contribution < 1.29 is 9.59 Å². The number of carbonyl (C=O) groups is 2. The van der Waals surface area contributed by atoms with E-state index in [0.29, 0.717) is 26.2 Å². The van der Waals surface area contributed by atoms with Gasteiger partial charge >= 0.3 is 6.03 Å². The van der Waals surface area contributed by atoms with Crippen LogP contribution in [0.4, 0.5) is 4.79 Å². The summed E-state index contributed by atoms with van der Waals surface area (Å²) in [5.41, 5.74) is 4.51. The first-order valence-corrected chi connectivity index (χ1v) is 9.87. The zero-order valence-electron chi connectivity index (χ0n) is 16.5. The summed E-state index contributed by atoms with van der Waals surface area (Å²) in [5.74, 6) is 0.130. The third kappa shape index (κ3) is 3.74. The molecule has 0 radical (unpaired) electrons. The quantitative estimate of drug-likeness (QED) is 0.881. The molecule has 3 amide bonds.